The van der Waals surface area contributed by atoms with Crippen LogP contribution in [0.2, 0.25) is 0 Å². The number of hydrogen-bond donors (Lipinski definition) is 0. The maximum atomic E-state index is 13.4. The summed E-state index contributed by atoms with van der Waals surface area (Å²) in [5.74, 6) is -0.315. The largest absolute Gasteiger partial charge is 0.463 e. The van der Waals surface area contributed by atoms with Crippen LogP contribution in [-0.2, 0) is 42.0 Å². The van der Waals surface area contributed by atoms with Gasteiger partial charge in [-0.15, -0.1) is 0 Å². The fourth-order valence-electron chi connectivity index (χ4n) is 8.54. The number of aryl methyl sites for hydroxylation is 1. The van der Waals surface area contributed by atoms with Gasteiger partial charge >= 0.3 is 11.9 Å². The van der Waals surface area contributed by atoms with Crippen LogP contribution < -0.4 is 0 Å². The van der Waals surface area contributed by atoms with Gasteiger partial charge in [0.1, 0.15) is 18.8 Å². The van der Waals surface area contributed by atoms with Gasteiger partial charge in [0, 0.05) is 38.8 Å². The van der Waals surface area contributed by atoms with Crippen LogP contribution in [0.1, 0.15) is 213 Å². The number of carbonyl (C=O) groups excluding carboxylic acids is 2. The lowest BCUT2D eigenvalue weighted by atomic mass is 9.88. The van der Waals surface area contributed by atoms with Gasteiger partial charge < -0.3 is 23.5 Å². The monoisotopic (exact) mass is 905 g/mol. The van der Waals surface area contributed by atoms with E-state index in [9.17, 15) is 9.59 Å². The van der Waals surface area contributed by atoms with Crippen molar-refractivity contribution in [1.82, 2.24) is 9.55 Å². The van der Waals surface area contributed by atoms with E-state index >= 15 is 0 Å². The van der Waals surface area contributed by atoms with Crippen molar-refractivity contribution < 1.29 is 28.5 Å². The Balaban J connectivity index is 1.73. The zero-order chi connectivity index (χ0) is 46.7. The molecule has 0 N–H and O–H groups in total. The molecule has 0 aliphatic heterocycles. The molecule has 65 heavy (non-hydrogen) atoms. The lowest BCUT2D eigenvalue weighted by Gasteiger charge is -2.24. The molecule has 0 bridgehead atoms. The van der Waals surface area contributed by atoms with Crippen molar-refractivity contribution in [3.63, 3.8) is 0 Å². The number of rotatable bonds is 43. The normalized spacial score (nSPS) is 17.3. The Morgan fingerprint density at radius 3 is 1.75 bits per heavy atom. The smallest absolute Gasteiger partial charge is 0.312 e. The van der Waals surface area contributed by atoms with E-state index in [2.05, 4.69) is 86.5 Å². The van der Waals surface area contributed by atoms with Gasteiger partial charge in [0.05, 0.1) is 25.0 Å². The van der Waals surface area contributed by atoms with Gasteiger partial charge in [0.2, 0.25) is 0 Å². The molecule has 2 rings (SSSR count). The maximum absolute atomic E-state index is 13.4. The van der Waals surface area contributed by atoms with Crippen LogP contribution in [0.5, 0.6) is 0 Å². The second-order valence-corrected chi connectivity index (χ2v) is 18.5. The zero-order valence-corrected chi connectivity index (χ0v) is 42.1. The molecule has 0 saturated heterocycles. The van der Waals surface area contributed by atoms with Crippen molar-refractivity contribution in [3.05, 3.63) is 79.0 Å². The van der Waals surface area contributed by atoms with E-state index in [1.165, 1.54) is 122 Å². The molecule has 0 spiro atoms. The van der Waals surface area contributed by atoms with Crippen molar-refractivity contribution in [2.24, 2.45) is 18.9 Å². The summed E-state index contributed by atoms with van der Waals surface area (Å²) < 4.78 is 26.2. The molecule has 1 aliphatic rings. The van der Waals surface area contributed by atoms with Crippen LogP contribution in [0, 0.1) is 11.8 Å². The second-order valence-electron chi connectivity index (χ2n) is 18.5. The molecule has 1 fully saturated rings. The first kappa shape index (κ1) is 57.9. The summed E-state index contributed by atoms with van der Waals surface area (Å²) in [7, 11) is 1.89. The minimum absolute atomic E-state index is 0.0754. The third kappa shape index (κ3) is 33.0. The summed E-state index contributed by atoms with van der Waals surface area (Å²) in [4.78, 5) is 30.5. The summed E-state index contributed by atoms with van der Waals surface area (Å²) in [5, 5.41) is 0. The number of allylic oxidation sites excluding steroid dienone is 10. The molecule has 1 aromatic rings. The summed E-state index contributed by atoms with van der Waals surface area (Å²) in [6, 6.07) is 0. The van der Waals surface area contributed by atoms with Gasteiger partial charge in [-0.05, 0) is 109 Å². The van der Waals surface area contributed by atoms with Crippen LogP contribution >= 0.6 is 0 Å². The summed E-state index contributed by atoms with van der Waals surface area (Å²) in [6.45, 7) is 8.58. The van der Waals surface area contributed by atoms with E-state index in [1.807, 2.05) is 17.8 Å². The van der Waals surface area contributed by atoms with Crippen LogP contribution in [0.3, 0.4) is 0 Å². The number of imidazole rings is 1. The van der Waals surface area contributed by atoms with Crippen LogP contribution in [-0.4, -0.2) is 60.1 Å². The highest BCUT2D eigenvalue weighted by Crippen LogP contribution is 2.39. The highest BCUT2D eigenvalue weighted by molar-refractivity contribution is 5.72. The molecule has 4 atom stereocenters. The number of carbonyl (C=O) groups is 2. The van der Waals surface area contributed by atoms with Crippen molar-refractivity contribution in [1.29, 1.82) is 0 Å². The SMILES string of the molecule is CC/C=C\CC1C(CC(=O)OCC(COCCCCCCCC/C=C\C/C=C\CCCCC)OCCCCCCCC/C=C\C/C=C\CCCCC)CCC1OC(=O)Cc1cn(C)cn1. The topological polar surface area (TPSA) is 88.9 Å². The van der Waals surface area contributed by atoms with Gasteiger partial charge in [-0.1, -0.05) is 159 Å². The third-order valence-electron chi connectivity index (χ3n) is 12.4. The predicted molar refractivity (Wildman–Crippen MR) is 272 cm³/mol. The second kappa shape index (κ2) is 42.1. The van der Waals surface area contributed by atoms with Crippen molar-refractivity contribution >= 4 is 11.9 Å². The minimum atomic E-state index is -0.284. The molecule has 1 heterocycles. The average Bonchev–Trinajstić information content (AvgIpc) is 3.88. The molecule has 370 valence electrons. The molecule has 0 radical (unpaired) electrons. The number of hydrogen-bond acceptors (Lipinski definition) is 7. The molecule has 1 aliphatic carbocycles. The van der Waals surface area contributed by atoms with Crippen LogP contribution in [0.4, 0.5) is 0 Å². The summed E-state index contributed by atoms with van der Waals surface area (Å²) in [6.07, 6.45) is 58.8. The number of esters is 2. The van der Waals surface area contributed by atoms with Crippen LogP contribution in [0.25, 0.3) is 0 Å². The first-order chi connectivity index (χ1) is 32.0. The molecule has 8 heteroatoms. The number of ether oxygens (including phenoxy) is 4. The standard InChI is InChI=1S/C57H96N2O6/c1-5-8-11-13-15-17-19-21-23-25-27-29-31-33-35-38-43-62-48-53(63-44-39-36-34-32-30-28-26-24-22-20-18-16-14-12-9-6-2)49-64-56(60)45-51-41-42-55(54(51)40-37-10-7-3)65-57(61)46-52-47-59(4)50-58-52/h10,15-18,21-24,37,47,50-51,53-55H,5-9,11-14,19-20,25-36,38-46,48-49H2,1-4H3/b17-15-,18-16-,23-21-,24-22-,37-10-. The Morgan fingerprint density at radius 2 is 1.20 bits per heavy atom. The fraction of sp³-hybridized carbons (Fsp3) is 0.737. The van der Waals surface area contributed by atoms with Gasteiger partial charge in [0.15, 0.2) is 0 Å². The quantitative estimate of drug-likeness (QED) is 0.0366. The first-order valence-corrected chi connectivity index (χ1v) is 26.7. The minimum Gasteiger partial charge on any atom is -0.463 e. The Hall–Kier alpha value is -3.23. The number of aromatic nitrogens is 2. The summed E-state index contributed by atoms with van der Waals surface area (Å²) >= 11 is 0. The molecule has 0 amide bonds. The average molecular weight is 905 g/mol. The molecule has 0 aromatic carbocycles. The van der Waals surface area contributed by atoms with Gasteiger partial charge in [-0.3, -0.25) is 9.59 Å². The Kier molecular flexibility index (Phi) is 37.5. The lowest BCUT2D eigenvalue weighted by molar-refractivity contribution is -0.152. The van der Waals surface area contributed by atoms with Gasteiger partial charge in [0.25, 0.3) is 0 Å². The highest BCUT2D eigenvalue weighted by Gasteiger charge is 2.39. The zero-order valence-electron chi connectivity index (χ0n) is 42.1. The maximum Gasteiger partial charge on any atom is 0.312 e. The van der Waals surface area contributed by atoms with Crippen molar-refractivity contribution in [2.75, 3.05) is 26.4 Å². The lowest BCUT2D eigenvalue weighted by Crippen LogP contribution is -2.30. The van der Waals surface area contributed by atoms with Crippen LogP contribution in [0.15, 0.2) is 73.3 Å². The summed E-state index contributed by atoms with van der Waals surface area (Å²) in [5.41, 5.74) is 0.700. The van der Waals surface area contributed by atoms with Gasteiger partial charge in [-0.2, -0.15) is 0 Å². The van der Waals surface area contributed by atoms with Crippen molar-refractivity contribution in [3.8, 4) is 0 Å². The molecule has 4 unspecified atom stereocenters. The van der Waals surface area contributed by atoms with E-state index in [1.54, 1.807) is 6.33 Å². The number of unbranched alkanes of at least 4 members (excludes halogenated alkanes) is 18. The Morgan fingerprint density at radius 1 is 0.646 bits per heavy atom. The predicted octanol–water partition coefficient (Wildman–Crippen LogP) is 15.2. The molecule has 8 nitrogen and oxygen atoms in total. The highest BCUT2D eigenvalue weighted by atomic mass is 16.6. The van der Waals surface area contributed by atoms with E-state index in [-0.39, 0.29) is 49.0 Å². The van der Waals surface area contributed by atoms with Crippen molar-refractivity contribution in [2.45, 2.75) is 226 Å². The first-order valence-electron chi connectivity index (χ1n) is 26.7. The van der Waals surface area contributed by atoms with E-state index in [0.717, 1.165) is 57.8 Å². The Labute approximate surface area is 398 Å². The fourth-order valence-corrected chi connectivity index (χ4v) is 8.54. The van der Waals surface area contributed by atoms with E-state index < -0.39 is 0 Å². The molecule has 1 aromatic heterocycles. The van der Waals surface area contributed by atoms with Gasteiger partial charge in [-0.25, -0.2) is 4.98 Å². The van der Waals surface area contributed by atoms with E-state index in [0.29, 0.717) is 31.9 Å². The molecular weight excluding hydrogens is 809 g/mol. The molecular formula is C57H96N2O6. The van der Waals surface area contributed by atoms with E-state index in [4.69, 9.17) is 18.9 Å². The third-order valence-corrected chi connectivity index (χ3v) is 12.4. The molecule has 1 saturated carbocycles. The number of nitrogens with zero attached hydrogens (tertiary/aromatic N) is 2. The Bertz CT molecular complexity index is 1430.